The highest BCUT2D eigenvalue weighted by Gasteiger charge is 2.13. The van der Waals surface area contributed by atoms with Crippen LogP contribution in [-0.2, 0) is 4.74 Å². The smallest absolute Gasteiger partial charge is 0.356 e. The third-order valence-corrected chi connectivity index (χ3v) is 3.15. The molecule has 2 rings (SSSR count). The maximum Gasteiger partial charge on any atom is 0.356 e. The minimum Gasteiger partial charge on any atom is -0.476 e. The lowest BCUT2D eigenvalue weighted by Gasteiger charge is -2.10. The Balaban J connectivity index is 2.60. The topological polar surface area (TPSA) is 63.8 Å². The number of fused-ring (bicyclic) bond motifs is 1. The number of aromatic nitrogens is 2. The first kappa shape index (κ1) is 12.1. The van der Waals surface area contributed by atoms with Gasteiger partial charge in [-0.3, -0.25) is 0 Å². The molecular formula is C11H11BrN2O3. The molecule has 1 atom stereocenters. The Kier molecular flexibility index (Phi) is 3.17. The van der Waals surface area contributed by atoms with E-state index in [0.29, 0.717) is 5.65 Å². The van der Waals surface area contributed by atoms with Gasteiger partial charge in [-0.05, 0) is 34.5 Å². The molecule has 0 radical (unpaired) electrons. The Morgan fingerprint density at radius 3 is 2.88 bits per heavy atom. The summed E-state index contributed by atoms with van der Waals surface area (Å²) in [6.07, 6.45) is 3.23. The number of imidazole rings is 1. The number of methoxy groups -OCH3 is 1. The van der Waals surface area contributed by atoms with E-state index in [4.69, 9.17) is 9.84 Å². The van der Waals surface area contributed by atoms with Gasteiger partial charge in [0, 0.05) is 19.5 Å². The van der Waals surface area contributed by atoms with E-state index in [0.717, 1.165) is 10.0 Å². The molecule has 17 heavy (non-hydrogen) atoms. The number of carbonyl (C=O) groups is 1. The van der Waals surface area contributed by atoms with Crippen LogP contribution in [0.3, 0.4) is 0 Å². The van der Waals surface area contributed by atoms with Gasteiger partial charge in [-0.25, -0.2) is 9.78 Å². The predicted molar refractivity (Wildman–Crippen MR) is 65.3 cm³/mol. The van der Waals surface area contributed by atoms with Crippen molar-refractivity contribution in [3.8, 4) is 0 Å². The molecule has 2 aromatic heterocycles. The Bertz CT molecular complexity index is 579. The van der Waals surface area contributed by atoms with Gasteiger partial charge in [0.15, 0.2) is 11.3 Å². The second kappa shape index (κ2) is 4.46. The number of carboxylic acid groups (broad SMARTS) is 1. The summed E-state index contributed by atoms with van der Waals surface area (Å²) >= 11 is 3.38. The van der Waals surface area contributed by atoms with Gasteiger partial charge in [-0.2, -0.15) is 0 Å². The van der Waals surface area contributed by atoms with E-state index in [1.807, 2.05) is 19.2 Å². The standard InChI is InChI=1S/C11H11BrN2O3/c1-6(17-2)7-3-8(12)10-13-9(11(15)16)5-14(10)4-7/h3-6H,1-2H3,(H,15,16)/t6-/m1/s1. The molecule has 90 valence electrons. The summed E-state index contributed by atoms with van der Waals surface area (Å²) in [6.45, 7) is 1.92. The number of halogens is 1. The molecule has 0 saturated carbocycles. The molecule has 0 aliphatic heterocycles. The van der Waals surface area contributed by atoms with Crippen molar-refractivity contribution in [3.05, 3.63) is 34.2 Å². The molecular weight excluding hydrogens is 288 g/mol. The second-order valence-corrected chi connectivity index (χ2v) is 4.52. The van der Waals surface area contributed by atoms with Gasteiger partial charge in [-0.15, -0.1) is 0 Å². The number of aromatic carboxylic acids is 1. The van der Waals surface area contributed by atoms with Crippen molar-refractivity contribution >= 4 is 27.5 Å². The van der Waals surface area contributed by atoms with Crippen LogP contribution in [0.1, 0.15) is 29.1 Å². The Labute approximate surface area is 106 Å². The fourth-order valence-electron chi connectivity index (χ4n) is 1.54. The SMILES string of the molecule is CO[C@H](C)c1cc(Br)c2nc(C(=O)O)cn2c1. The molecule has 0 unspecified atom stereocenters. The molecule has 1 N–H and O–H groups in total. The van der Waals surface area contributed by atoms with Crippen LogP contribution >= 0.6 is 15.9 Å². The van der Waals surface area contributed by atoms with Gasteiger partial charge >= 0.3 is 5.97 Å². The summed E-state index contributed by atoms with van der Waals surface area (Å²) in [4.78, 5) is 14.9. The van der Waals surface area contributed by atoms with Gasteiger partial charge in [0.1, 0.15) is 0 Å². The van der Waals surface area contributed by atoms with E-state index in [1.165, 1.54) is 6.20 Å². The van der Waals surface area contributed by atoms with Crippen LogP contribution in [0, 0.1) is 0 Å². The highest BCUT2D eigenvalue weighted by molar-refractivity contribution is 9.10. The highest BCUT2D eigenvalue weighted by Crippen LogP contribution is 2.24. The van der Waals surface area contributed by atoms with Crippen LogP contribution < -0.4 is 0 Å². The van der Waals surface area contributed by atoms with Crippen molar-refractivity contribution < 1.29 is 14.6 Å². The van der Waals surface area contributed by atoms with Crippen molar-refractivity contribution in [2.75, 3.05) is 7.11 Å². The van der Waals surface area contributed by atoms with Crippen LogP contribution in [0.25, 0.3) is 5.65 Å². The van der Waals surface area contributed by atoms with Crippen LogP contribution in [-0.4, -0.2) is 27.6 Å². The van der Waals surface area contributed by atoms with Gasteiger partial charge in [0.05, 0.1) is 10.6 Å². The zero-order valence-electron chi connectivity index (χ0n) is 9.35. The molecule has 2 heterocycles. The lowest BCUT2D eigenvalue weighted by atomic mass is 10.2. The molecule has 0 aromatic carbocycles. The van der Waals surface area contributed by atoms with Crippen LogP contribution in [0.5, 0.6) is 0 Å². The van der Waals surface area contributed by atoms with E-state index in [2.05, 4.69) is 20.9 Å². The van der Waals surface area contributed by atoms with Crippen molar-refractivity contribution in [3.63, 3.8) is 0 Å². The van der Waals surface area contributed by atoms with Gasteiger partial charge in [-0.1, -0.05) is 0 Å². The molecule has 0 spiro atoms. The molecule has 0 aliphatic carbocycles. The fraction of sp³-hybridized carbons (Fsp3) is 0.273. The number of ether oxygens (including phenoxy) is 1. The molecule has 5 nitrogen and oxygen atoms in total. The minimum absolute atomic E-state index is 0.0212. The maximum absolute atomic E-state index is 10.8. The third kappa shape index (κ3) is 2.18. The molecule has 0 aliphatic rings. The monoisotopic (exact) mass is 298 g/mol. The predicted octanol–water partition coefficient (Wildman–Crippen LogP) is 2.50. The molecule has 0 saturated heterocycles. The van der Waals surface area contributed by atoms with Gasteiger partial charge in [0.25, 0.3) is 0 Å². The van der Waals surface area contributed by atoms with E-state index < -0.39 is 5.97 Å². The van der Waals surface area contributed by atoms with E-state index in [9.17, 15) is 4.79 Å². The van der Waals surface area contributed by atoms with E-state index in [1.54, 1.807) is 11.5 Å². The van der Waals surface area contributed by atoms with Crippen LogP contribution in [0.4, 0.5) is 0 Å². The summed E-state index contributed by atoms with van der Waals surface area (Å²) < 4.78 is 7.64. The number of carboxylic acids is 1. The zero-order chi connectivity index (χ0) is 12.6. The van der Waals surface area contributed by atoms with Crippen molar-refractivity contribution in [2.45, 2.75) is 13.0 Å². The summed E-state index contributed by atoms with van der Waals surface area (Å²) in [5.74, 6) is -1.04. The van der Waals surface area contributed by atoms with Crippen molar-refractivity contribution in [1.82, 2.24) is 9.38 Å². The third-order valence-electron chi connectivity index (χ3n) is 2.57. The average molecular weight is 299 g/mol. The van der Waals surface area contributed by atoms with Crippen molar-refractivity contribution in [1.29, 1.82) is 0 Å². The maximum atomic E-state index is 10.8. The van der Waals surface area contributed by atoms with Gasteiger partial charge < -0.3 is 14.2 Å². The van der Waals surface area contributed by atoms with E-state index in [-0.39, 0.29) is 11.8 Å². The number of hydrogen-bond acceptors (Lipinski definition) is 3. The number of rotatable bonds is 3. The molecule has 6 heteroatoms. The highest BCUT2D eigenvalue weighted by atomic mass is 79.9. The fourth-order valence-corrected chi connectivity index (χ4v) is 2.10. The summed E-state index contributed by atoms with van der Waals surface area (Å²) in [5, 5.41) is 8.89. The summed E-state index contributed by atoms with van der Waals surface area (Å²) in [6, 6.07) is 1.88. The van der Waals surface area contributed by atoms with Crippen LogP contribution in [0.2, 0.25) is 0 Å². The first-order chi connectivity index (χ1) is 8.02. The van der Waals surface area contributed by atoms with Gasteiger partial charge in [0.2, 0.25) is 0 Å². The first-order valence-electron chi connectivity index (χ1n) is 4.97. The summed E-state index contributed by atoms with van der Waals surface area (Å²) in [5.41, 5.74) is 1.54. The van der Waals surface area contributed by atoms with E-state index >= 15 is 0 Å². The average Bonchev–Trinajstić information content (AvgIpc) is 2.72. The zero-order valence-corrected chi connectivity index (χ0v) is 10.9. The molecule has 0 fully saturated rings. The molecule has 0 amide bonds. The molecule has 2 aromatic rings. The Hall–Kier alpha value is -1.40. The number of nitrogens with zero attached hydrogens (tertiary/aromatic N) is 2. The first-order valence-corrected chi connectivity index (χ1v) is 5.76. The number of hydrogen-bond donors (Lipinski definition) is 1. The van der Waals surface area contributed by atoms with Crippen LogP contribution in [0.15, 0.2) is 22.9 Å². The Morgan fingerprint density at radius 2 is 2.29 bits per heavy atom. The minimum atomic E-state index is -1.04. The lowest BCUT2D eigenvalue weighted by Crippen LogP contribution is -1.98. The second-order valence-electron chi connectivity index (χ2n) is 3.66. The van der Waals surface area contributed by atoms with Crippen molar-refractivity contribution in [2.24, 2.45) is 0 Å². The number of pyridine rings is 1. The lowest BCUT2D eigenvalue weighted by molar-refractivity contribution is 0.0691. The molecule has 0 bridgehead atoms. The normalized spacial score (nSPS) is 12.9. The quantitative estimate of drug-likeness (QED) is 0.945. The largest absolute Gasteiger partial charge is 0.476 e. The summed E-state index contributed by atoms with van der Waals surface area (Å²) in [7, 11) is 1.62. The Morgan fingerprint density at radius 1 is 1.59 bits per heavy atom.